The van der Waals surface area contributed by atoms with Crippen molar-refractivity contribution in [2.45, 2.75) is 25.4 Å². The van der Waals surface area contributed by atoms with E-state index in [2.05, 4.69) is 11.1 Å². The van der Waals surface area contributed by atoms with Gasteiger partial charge in [0.15, 0.2) is 5.96 Å². The molecule has 0 unspecified atom stereocenters. The molecule has 1 aliphatic carbocycles. The molecule has 0 radical (unpaired) electrons. The molecule has 0 spiro atoms. The van der Waals surface area contributed by atoms with Crippen LogP contribution in [0.15, 0.2) is 29.3 Å². The second-order valence-corrected chi connectivity index (χ2v) is 4.33. The Kier molecular flexibility index (Phi) is 3.29. The van der Waals surface area contributed by atoms with Crippen LogP contribution in [0.4, 0.5) is 0 Å². The lowest BCUT2D eigenvalue weighted by atomic mass is 10.1. The average molecular weight is 228 g/mol. The fourth-order valence-corrected chi connectivity index (χ4v) is 1.62. The molecular formula is C13H16N4. The van der Waals surface area contributed by atoms with Gasteiger partial charge >= 0.3 is 0 Å². The van der Waals surface area contributed by atoms with Crippen LogP contribution in [0.5, 0.6) is 0 Å². The number of nitrogens with zero attached hydrogens (tertiary/aromatic N) is 3. The van der Waals surface area contributed by atoms with Crippen LogP contribution >= 0.6 is 0 Å². The van der Waals surface area contributed by atoms with E-state index in [4.69, 9.17) is 11.0 Å². The maximum Gasteiger partial charge on any atom is 0.191 e. The third-order valence-electron chi connectivity index (χ3n) is 2.96. The Morgan fingerprint density at radius 1 is 1.47 bits per heavy atom. The van der Waals surface area contributed by atoms with E-state index in [0.29, 0.717) is 24.1 Å². The molecule has 0 amide bonds. The summed E-state index contributed by atoms with van der Waals surface area (Å²) < 4.78 is 0. The van der Waals surface area contributed by atoms with E-state index in [1.165, 1.54) is 12.8 Å². The van der Waals surface area contributed by atoms with Gasteiger partial charge in [0, 0.05) is 13.1 Å². The highest BCUT2D eigenvalue weighted by molar-refractivity contribution is 5.78. The van der Waals surface area contributed by atoms with Crippen LogP contribution in [0.3, 0.4) is 0 Å². The van der Waals surface area contributed by atoms with E-state index in [9.17, 15) is 0 Å². The number of hydrogen-bond acceptors (Lipinski definition) is 2. The third-order valence-corrected chi connectivity index (χ3v) is 2.96. The Balaban J connectivity index is 1.96. The van der Waals surface area contributed by atoms with E-state index in [0.717, 1.165) is 5.56 Å². The van der Waals surface area contributed by atoms with Gasteiger partial charge in [-0.15, -0.1) is 0 Å². The average Bonchev–Trinajstić information content (AvgIpc) is 3.20. The summed E-state index contributed by atoms with van der Waals surface area (Å²) in [6, 6.07) is 10.1. The van der Waals surface area contributed by atoms with Crippen molar-refractivity contribution >= 4 is 5.96 Å². The molecule has 1 aromatic carbocycles. The first kappa shape index (κ1) is 11.5. The Morgan fingerprint density at radius 3 is 2.65 bits per heavy atom. The summed E-state index contributed by atoms with van der Waals surface area (Å²) in [4.78, 5) is 6.38. The van der Waals surface area contributed by atoms with Crippen LogP contribution in [0.1, 0.15) is 24.0 Å². The first-order chi connectivity index (χ1) is 8.20. The highest BCUT2D eigenvalue weighted by Crippen LogP contribution is 2.24. The molecule has 4 nitrogen and oxygen atoms in total. The minimum Gasteiger partial charge on any atom is -0.370 e. The van der Waals surface area contributed by atoms with Gasteiger partial charge in [0.05, 0.1) is 18.2 Å². The van der Waals surface area contributed by atoms with Crippen molar-refractivity contribution < 1.29 is 0 Å². The summed E-state index contributed by atoms with van der Waals surface area (Å²) in [6.45, 7) is 0.564. The van der Waals surface area contributed by atoms with E-state index in [-0.39, 0.29) is 0 Å². The number of aliphatic imine (C=N–C) groups is 1. The van der Waals surface area contributed by atoms with Crippen molar-refractivity contribution in [1.29, 1.82) is 5.26 Å². The number of nitrogens with two attached hydrogens (primary N) is 1. The van der Waals surface area contributed by atoms with E-state index in [1.807, 2.05) is 24.1 Å². The molecule has 88 valence electrons. The monoisotopic (exact) mass is 228 g/mol. The van der Waals surface area contributed by atoms with Crippen molar-refractivity contribution in [1.82, 2.24) is 4.90 Å². The van der Waals surface area contributed by atoms with Gasteiger partial charge in [-0.05, 0) is 30.5 Å². The van der Waals surface area contributed by atoms with Gasteiger partial charge in [0.1, 0.15) is 0 Å². The fourth-order valence-electron chi connectivity index (χ4n) is 1.62. The molecule has 2 rings (SSSR count). The van der Waals surface area contributed by atoms with Crippen LogP contribution in [-0.4, -0.2) is 23.9 Å². The first-order valence-electron chi connectivity index (χ1n) is 5.72. The molecule has 17 heavy (non-hydrogen) atoms. The molecule has 1 fully saturated rings. The van der Waals surface area contributed by atoms with E-state index < -0.39 is 0 Å². The van der Waals surface area contributed by atoms with Crippen molar-refractivity contribution in [3.63, 3.8) is 0 Å². The Bertz CT molecular complexity index is 451. The van der Waals surface area contributed by atoms with Crippen LogP contribution < -0.4 is 5.73 Å². The minimum absolute atomic E-state index is 0.564. The first-order valence-corrected chi connectivity index (χ1v) is 5.72. The van der Waals surface area contributed by atoms with Crippen molar-refractivity contribution in [2.75, 3.05) is 7.05 Å². The van der Waals surface area contributed by atoms with Gasteiger partial charge in [0.25, 0.3) is 0 Å². The maximum absolute atomic E-state index is 8.68. The SMILES string of the molecule is CN(C(N)=NCc1ccc(C#N)cc1)C1CC1. The minimum atomic E-state index is 0.564. The summed E-state index contributed by atoms with van der Waals surface area (Å²) in [7, 11) is 1.98. The molecule has 1 aromatic rings. The number of hydrogen-bond donors (Lipinski definition) is 1. The van der Waals surface area contributed by atoms with Crippen LogP contribution in [0.25, 0.3) is 0 Å². The predicted molar refractivity (Wildman–Crippen MR) is 67.3 cm³/mol. The van der Waals surface area contributed by atoms with Crippen molar-refractivity contribution in [3.8, 4) is 6.07 Å². The number of nitriles is 1. The van der Waals surface area contributed by atoms with Crippen LogP contribution in [0, 0.1) is 11.3 Å². The molecule has 0 aromatic heterocycles. The molecule has 1 aliphatic rings. The fraction of sp³-hybridized carbons (Fsp3) is 0.385. The summed E-state index contributed by atoms with van der Waals surface area (Å²) >= 11 is 0. The molecule has 4 heteroatoms. The maximum atomic E-state index is 8.68. The number of benzene rings is 1. The zero-order chi connectivity index (χ0) is 12.3. The van der Waals surface area contributed by atoms with Gasteiger partial charge < -0.3 is 10.6 Å². The summed E-state index contributed by atoms with van der Waals surface area (Å²) in [5.41, 5.74) is 7.62. The molecule has 0 heterocycles. The lowest BCUT2D eigenvalue weighted by Crippen LogP contribution is -2.35. The second kappa shape index (κ2) is 4.88. The molecule has 0 atom stereocenters. The lowest BCUT2D eigenvalue weighted by molar-refractivity contribution is 0.487. The molecule has 0 bridgehead atoms. The van der Waals surface area contributed by atoms with Gasteiger partial charge in [0.2, 0.25) is 0 Å². The summed E-state index contributed by atoms with van der Waals surface area (Å²) in [6.07, 6.45) is 2.42. The zero-order valence-corrected chi connectivity index (χ0v) is 9.93. The molecule has 2 N–H and O–H groups in total. The van der Waals surface area contributed by atoms with Crippen LogP contribution in [-0.2, 0) is 6.54 Å². The van der Waals surface area contributed by atoms with Crippen molar-refractivity contribution in [2.24, 2.45) is 10.7 Å². The number of rotatable bonds is 3. The second-order valence-electron chi connectivity index (χ2n) is 4.33. The van der Waals surface area contributed by atoms with Gasteiger partial charge in [-0.25, -0.2) is 4.99 Å². The quantitative estimate of drug-likeness (QED) is 0.629. The van der Waals surface area contributed by atoms with E-state index in [1.54, 1.807) is 12.1 Å². The Labute approximate surface area is 101 Å². The largest absolute Gasteiger partial charge is 0.370 e. The Morgan fingerprint density at radius 2 is 2.12 bits per heavy atom. The molecular weight excluding hydrogens is 212 g/mol. The highest BCUT2D eigenvalue weighted by atomic mass is 15.3. The van der Waals surface area contributed by atoms with Gasteiger partial charge in [-0.3, -0.25) is 0 Å². The topological polar surface area (TPSA) is 65.4 Å². The zero-order valence-electron chi connectivity index (χ0n) is 9.93. The van der Waals surface area contributed by atoms with Crippen LogP contribution in [0.2, 0.25) is 0 Å². The summed E-state index contributed by atoms with van der Waals surface area (Å²) in [5.74, 6) is 0.594. The third kappa shape index (κ3) is 2.97. The predicted octanol–water partition coefficient (Wildman–Crippen LogP) is 1.47. The molecule has 0 saturated heterocycles. The summed E-state index contributed by atoms with van der Waals surface area (Å²) in [5, 5.41) is 8.68. The van der Waals surface area contributed by atoms with Gasteiger partial charge in [-0.1, -0.05) is 12.1 Å². The van der Waals surface area contributed by atoms with E-state index >= 15 is 0 Å². The molecule has 0 aliphatic heterocycles. The number of guanidine groups is 1. The van der Waals surface area contributed by atoms with Gasteiger partial charge in [-0.2, -0.15) is 5.26 Å². The smallest absolute Gasteiger partial charge is 0.191 e. The normalized spacial score (nSPS) is 15.4. The van der Waals surface area contributed by atoms with Crippen molar-refractivity contribution in [3.05, 3.63) is 35.4 Å². The molecule has 1 saturated carbocycles. The highest BCUT2D eigenvalue weighted by Gasteiger charge is 2.27. The standard InChI is InChI=1S/C13H16N4/c1-17(12-6-7-12)13(15)16-9-11-4-2-10(8-14)3-5-11/h2-5,12H,6-7,9H2,1H3,(H2,15,16). The lowest BCUT2D eigenvalue weighted by Gasteiger charge is -2.16. The Hall–Kier alpha value is -2.02.